The highest BCUT2D eigenvalue weighted by Crippen LogP contribution is 2.25. The molecule has 0 aliphatic rings. The number of carbonyl (C=O) groups excluding carboxylic acids is 1. The van der Waals surface area contributed by atoms with Crippen molar-refractivity contribution in [1.82, 2.24) is 14.9 Å². The van der Waals surface area contributed by atoms with Gasteiger partial charge in [-0.2, -0.15) is 0 Å². The molecule has 1 heterocycles. The number of nitrogen functional groups attached to an aromatic ring is 1. The van der Waals surface area contributed by atoms with Crippen molar-refractivity contribution in [2.24, 2.45) is 0 Å². The summed E-state index contributed by atoms with van der Waals surface area (Å²) in [5, 5.41) is 11.8. The molecule has 2 aromatic carbocycles. The number of anilines is 1. The molecule has 27 heavy (non-hydrogen) atoms. The van der Waals surface area contributed by atoms with Crippen molar-refractivity contribution in [3.05, 3.63) is 54.1 Å². The summed E-state index contributed by atoms with van der Waals surface area (Å²) < 4.78 is 1.47. The van der Waals surface area contributed by atoms with Gasteiger partial charge < -0.3 is 11.2 Å². The third-order valence-electron chi connectivity index (χ3n) is 3.92. The minimum Gasteiger partial charge on any atom is -0.335 e. The van der Waals surface area contributed by atoms with E-state index >= 15 is 0 Å². The van der Waals surface area contributed by atoms with Gasteiger partial charge in [0, 0.05) is 22.6 Å². The molecule has 0 saturated carbocycles. The third kappa shape index (κ3) is 4.84. The van der Waals surface area contributed by atoms with Crippen LogP contribution in [0.25, 0.3) is 11.4 Å². The molecule has 0 aliphatic heterocycles. The highest BCUT2D eigenvalue weighted by atomic mass is 32.2. The van der Waals surface area contributed by atoms with Crippen LogP contribution in [0.1, 0.15) is 12.0 Å². The molecule has 0 spiro atoms. The van der Waals surface area contributed by atoms with E-state index in [9.17, 15) is 4.79 Å². The van der Waals surface area contributed by atoms with Crippen LogP contribution in [0.15, 0.2) is 58.6 Å². The smallest absolute Gasteiger partial charge is 0.225 e. The van der Waals surface area contributed by atoms with Crippen LogP contribution >= 0.6 is 23.5 Å². The summed E-state index contributed by atoms with van der Waals surface area (Å²) in [6, 6.07) is 15.7. The summed E-state index contributed by atoms with van der Waals surface area (Å²) in [6.07, 6.45) is 2.35. The summed E-state index contributed by atoms with van der Waals surface area (Å²) in [7, 11) is 0. The van der Waals surface area contributed by atoms with Gasteiger partial charge in [-0.25, -0.2) is 4.68 Å². The monoisotopic (exact) mass is 399 g/mol. The normalized spacial score (nSPS) is 10.7. The van der Waals surface area contributed by atoms with E-state index in [-0.39, 0.29) is 5.91 Å². The maximum absolute atomic E-state index is 12.2. The molecule has 0 atom stereocenters. The summed E-state index contributed by atoms with van der Waals surface area (Å²) >= 11 is 3.02. The van der Waals surface area contributed by atoms with Gasteiger partial charge in [0.05, 0.1) is 5.69 Å². The molecular formula is C19H21N5OS2. The second-order valence-corrected chi connectivity index (χ2v) is 7.80. The van der Waals surface area contributed by atoms with E-state index in [1.165, 1.54) is 22.0 Å². The van der Waals surface area contributed by atoms with Gasteiger partial charge in [0.1, 0.15) is 0 Å². The number of hydrogen-bond donors (Lipinski definition) is 2. The van der Waals surface area contributed by atoms with Crippen LogP contribution in [0.3, 0.4) is 0 Å². The Morgan fingerprint density at radius 1 is 1.15 bits per heavy atom. The van der Waals surface area contributed by atoms with Crippen molar-refractivity contribution in [2.75, 3.05) is 23.2 Å². The molecule has 3 aromatic rings. The predicted octanol–water partition coefficient (Wildman–Crippen LogP) is 3.81. The SMILES string of the molecule is CSc1ccccc1NC(=O)CCSc1nnc(-c2ccc(C)cc2)n1N. The van der Waals surface area contributed by atoms with Crippen molar-refractivity contribution in [3.63, 3.8) is 0 Å². The first-order valence-corrected chi connectivity index (χ1v) is 10.6. The average Bonchev–Trinajstić information content (AvgIpc) is 3.03. The zero-order valence-electron chi connectivity index (χ0n) is 15.2. The van der Waals surface area contributed by atoms with Crippen molar-refractivity contribution in [1.29, 1.82) is 0 Å². The Hall–Kier alpha value is -2.45. The number of thioether (sulfide) groups is 2. The lowest BCUT2D eigenvalue weighted by atomic mass is 10.1. The highest BCUT2D eigenvalue weighted by Gasteiger charge is 2.13. The molecule has 140 valence electrons. The van der Waals surface area contributed by atoms with E-state index in [1.807, 2.05) is 61.7 Å². The number of carbonyl (C=O) groups is 1. The molecule has 0 fully saturated rings. The Kier molecular flexibility index (Phi) is 6.41. The van der Waals surface area contributed by atoms with Crippen LogP contribution in [0, 0.1) is 6.92 Å². The molecule has 1 amide bonds. The van der Waals surface area contributed by atoms with Crippen LogP contribution in [-0.2, 0) is 4.79 Å². The number of nitrogens with two attached hydrogens (primary N) is 1. The van der Waals surface area contributed by atoms with Crippen LogP contribution in [-0.4, -0.2) is 32.8 Å². The fourth-order valence-corrected chi connectivity index (χ4v) is 3.82. The van der Waals surface area contributed by atoms with Gasteiger partial charge in [-0.3, -0.25) is 4.79 Å². The molecule has 1 aromatic heterocycles. The van der Waals surface area contributed by atoms with Crippen molar-refractivity contribution in [3.8, 4) is 11.4 Å². The summed E-state index contributed by atoms with van der Waals surface area (Å²) in [6.45, 7) is 2.03. The zero-order valence-corrected chi connectivity index (χ0v) is 16.8. The first kappa shape index (κ1) is 19.3. The van der Waals surface area contributed by atoms with Gasteiger partial charge in [-0.1, -0.05) is 53.7 Å². The fraction of sp³-hybridized carbons (Fsp3) is 0.211. The number of amides is 1. The molecule has 0 aliphatic carbocycles. The maximum Gasteiger partial charge on any atom is 0.225 e. The van der Waals surface area contributed by atoms with Crippen LogP contribution < -0.4 is 11.2 Å². The van der Waals surface area contributed by atoms with Gasteiger partial charge in [-0.05, 0) is 25.3 Å². The molecule has 8 heteroatoms. The number of aromatic nitrogens is 3. The lowest BCUT2D eigenvalue weighted by Gasteiger charge is -2.09. The molecule has 3 N–H and O–H groups in total. The Morgan fingerprint density at radius 2 is 1.89 bits per heavy atom. The number of para-hydroxylation sites is 1. The first-order valence-electron chi connectivity index (χ1n) is 8.41. The van der Waals surface area contributed by atoms with Crippen molar-refractivity contribution >= 4 is 35.1 Å². The van der Waals surface area contributed by atoms with E-state index in [2.05, 4.69) is 15.5 Å². The van der Waals surface area contributed by atoms with Gasteiger partial charge in [-0.15, -0.1) is 22.0 Å². The Morgan fingerprint density at radius 3 is 2.63 bits per heavy atom. The number of benzene rings is 2. The van der Waals surface area contributed by atoms with Crippen molar-refractivity contribution in [2.45, 2.75) is 23.4 Å². The second kappa shape index (κ2) is 8.96. The lowest BCUT2D eigenvalue weighted by molar-refractivity contribution is -0.115. The van der Waals surface area contributed by atoms with Crippen molar-refractivity contribution < 1.29 is 4.79 Å². The number of aryl methyl sites for hydroxylation is 1. The second-order valence-electron chi connectivity index (χ2n) is 5.89. The van der Waals surface area contributed by atoms with Crippen LogP contribution in [0.4, 0.5) is 5.69 Å². The van der Waals surface area contributed by atoms with E-state index in [1.54, 1.807) is 11.8 Å². The molecular weight excluding hydrogens is 378 g/mol. The van der Waals surface area contributed by atoms with Gasteiger partial charge in [0.15, 0.2) is 5.82 Å². The minimum atomic E-state index is -0.0363. The standard InChI is InChI=1S/C19H21N5OS2/c1-13-7-9-14(10-8-13)18-22-23-19(24(18)20)27-12-11-17(25)21-15-5-3-4-6-16(15)26-2/h3-10H,11-12,20H2,1-2H3,(H,21,25). The van der Waals surface area contributed by atoms with Crippen LogP contribution in [0.2, 0.25) is 0 Å². The number of nitrogens with one attached hydrogen (secondary N) is 1. The first-order chi connectivity index (χ1) is 13.1. The Balaban J connectivity index is 1.56. The minimum absolute atomic E-state index is 0.0363. The predicted molar refractivity (Wildman–Crippen MR) is 113 cm³/mol. The molecule has 0 radical (unpaired) electrons. The topological polar surface area (TPSA) is 85.8 Å². The highest BCUT2D eigenvalue weighted by molar-refractivity contribution is 7.99. The number of rotatable bonds is 7. The Bertz CT molecular complexity index is 924. The van der Waals surface area contributed by atoms with E-state index < -0.39 is 0 Å². The van der Waals surface area contributed by atoms with Gasteiger partial charge >= 0.3 is 0 Å². The average molecular weight is 400 g/mol. The maximum atomic E-state index is 12.2. The molecule has 0 bridgehead atoms. The molecule has 3 rings (SSSR count). The van der Waals surface area contributed by atoms with E-state index in [4.69, 9.17) is 5.84 Å². The Labute approximate surface area is 166 Å². The molecule has 6 nitrogen and oxygen atoms in total. The van der Waals surface area contributed by atoms with E-state index in [0.717, 1.165) is 16.1 Å². The van der Waals surface area contributed by atoms with Gasteiger partial charge in [0.2, 0.25) is 11.1 Å². The zero-order chi connectivity index (χ0) is 19.2. The lowest BCUT2D eigenvalue weighted by Crippen LogP contribution is -2.14. The van der Waals surface area contributed by atoms with Crippen LogP contribution in [0.5, 0.6) is 0 Å². The molecule has 0 unspecified atom stereocenters. The largest absolute Gasteiger partial charge is 0.335 e. The summed E-state index contributed by atoms with van der Waals surface area (Å²) in [4.78, 5) is 13.3. The fourth-order valence-electron chi connectivity index (χ4n) is 2.47. The summed E-state index contributed by atoms with van der Waals surface area (Å²) in [5.74, 6) is 7.26. The number of nitrogens with zero attached hydrogens (tertiary/aromatic N) is 3. The van der Waals surface area contributed by atoms with E-state index in [0.29, 0.717) is 23.2 Å². The number of hydrogen-bond acceptors (Lipinski definition) is 6. The van der Waals surface area contributed by atoms with Gasteiger partial charge in [0.25, 0.3) is 0 Å². The summed E-state index contributed by atoms with van der Waals surface area (Å²) in [5.41, 5.74) is 2.92. The third-order valence-corrected chi connectivity index (χ3v) is 5.66. The quantitative estimate of drug-likeness (QED) is 0.464. The molecule has 0 saturated heterocycles.